The van der Waals surface area contributed by atoms with Gasteiger partial charge in [-0.1, -0.05) is 12.1 Å². The summed E-state index contributed by atoms with van der Waals surface area (Å²) in [7, 11) is 1.65. The van der Waals surface area contributed by atoms with Crippen LogP contribution in [-0.2, 0) is 0 Å². The molecule has 0 saturated heterocycles. The standard InChI is InChI=1S/C14H15NO2/c1-10-6-4-7-13(16-3)14(10)15-11(2)12-8-5-9-17-12/h4-9H,1-3H3/b15-11-. The van der Waals surface area contributed by atoms with Crippen LogP contribution in [0.15, 0.2) is 46.0 Å². The van der Waals surface area contributed by atoms with Crippen LogP contribution in [0.2, 0.25) is 0 Å². The maximum absolute atomic E-state index is 5.31. The molecular weight excluding hydrogens is 214 g/mol. The highest BCUT2D eigenvalue weighted by Gasteiger charge is 2.07. The second-order valence-electron chi connectivity index (χ2n) is 3.80. The Balaban J connectivity index is 2.45. The van der Waals surface area contributed by atoms with Gasteiger partial charge in [0.1, 0.15) is 17.2 Å². The smallest absolute Gasteiger partial charge is 0.147 e. The van der Waals surface area contributed by atoms with Gasteiger partial charge in [0.2, 0.25) is 0 Å². The summed E-state index contributed by atoms with van der Waals surface area (Å²) in [6.45, 7) is 3.93. The van der Waals surface area contributed by atoms with Crippen LogP contribution in [-0.4, -0.2) is 12.8 Å². The first-order valence-corrected chi connectivity index (χ1v) is 5.45. The lowest BCUT2D eigenvalue weighted by atomic mass is 10.2. The Labute approximate surface area is 101 Å². The van der Waals surface area contributed by atoms with E-state index in [-0.39, 0.29) is 0 Å². The molecule has 3 nitrogen and oxygen atoms in total. The Morgan fingerprint density at radius 1 is 1.24 bits per heavy atom. The molecule has 2 aromatic rings. The van der Waals surface area contributed by atoms with Crippen LogP contribution in [0.1, 0.15) is 18.2 Å². The molecule has 17 heavy (non-hydrogen) atoms. The topological polar surface area (TPSA) is 34.7 Å². The fourth-order valence-electron chi connectivity index (χ4n) is 1.65. The molecular formula is C14H15NO2. The van der Waals surface area contributed by atoms with Crippen molar-refractivity contribution in [1.29, 1.82) is 0 Å². The number of furan rings is 1. The van der Waals surface area contributed by atoms with Crippen molar-refractivity contribution in [2.75, 3.05) is 7.11 Å². The summed E-state index contributed by atoms with van der Waals surface area (Å²) in [5.41, 5.74) is 2.77. The zero-order chi connectivity index (χ0) is 12.3. The number of ether oxygens (including phenoxy) is 1. The molecule has 2 rings (SSSR count). The average Bonchev–Trinajstić information content (AvgIpc) is 2.85. The third-order valence-corrected chi connectivity index (χ3v) is 2.58. The predicted molar refractivity (Wildman–Crippen MR) is 68.3 cm³/mol. The molecule has 0 saturated carbocycles. The lowest BCUT2D eigenvalue weighted by Gasteiger charge is -2.07. The van der Waals surface area contributed by atoms with Crippen LogP contribution in [0, 0.1) is 6.92 Å². The predicted octanol–water partition coefficient (Wildman–Crippen LogP) is 3.74. The van der Waals surface area contributed by atoms with E-state index in [1.54, 1.807) is 13.4 Å². The number of methoxy groups -OCH3 is 1. The summed E-state index contributed by atoms with van der Waals surface area (Å²) in [5, 5.41) is 0. The quantitative estimate of drug-likeness (QED) is 0.751. The minimum Gasteiger partial charge on any atom is -0.494 e. The van der Waals surface area contributed by atoms with Gasteiger partial charge in [0.15, 0.2) is 0 Å². The zero-order valence-electron chi connectivity index (χ0n) is 10.2. The van der Waals surface area contributed by atoms with Crippen LogP contribution in [0.5, 0.6) is 5.75 Å². The number of hydrogen-bond acceptors (Lipinski definition) is 3. The molecule has 0 aliphatic heterocycles. The largest absolute Gasteiger partial charge is 0.494 e. The summed E-state index contributed by atoms with van der Waals surface area (Å²) < 4.78 is 10.6. The summed E-state index contributed by atoms with van der Waals surface area (Å²) in [5.74, 6) is 1.55. The van der Waals surface area contributed by atoms with E-state index < -0.39 is 0 Å². The maximum atomic E-state index is 5.31. The number of hydrogen-bond donors (Lipinski definition) is 0. The molecule has 1 heterocycles. The second-order valence-corrected chi connectivity index (χ2v) is 3.80. The lowest BCUT2D eigenvalue weighted by molar-refractivity contribution is 0.416. The van der Waals surface area contributed by atoms with Crippen LogP contribution < -0.4 is 4.74 Å². The van der Waals surface area contributed by atoms with Crippen molar-refractivity contribution in [2.45, 2.75) is 13.8 Å². The van der Waals surface area contributed by atoms with Crippen molar-refractivity contribution in [3.63, 3.8) is 0 Å². The Morgan fingerprint density at radius 3 is 2.71 bits per heavy atom. The molecule has 88 valence electrons. The van der Waals surface area contributed by atoms with Crippen LogP contribution >= 0.6 is 0 Å². The number of nitrogens with zero attached hydrogens (tertiary/aromatic N) is 1. The molecule has 0 aliphatic carbocycles. The van der Waals surface area contributed by atoms with E-state index in [4.69, 9.17) is 9.15 Å². The van der Waals surface area contributed by atoms with E-state index in [1.165, 1.54) is 0 Å². The van der Waals surface area contributed by atoms with Crippen molar-refractivity contribution in [3.05, 3.63) is 47.9 Å². The van der Waals surface area contributed by atoms with Gasteiger partial charge in [-0.25, -0.2) is 4.99 Å². The van der Waals surface area contributed by atoms with E-state index in [0.717, 1.165) is 28.5 Å². The molecule has 1 aromatic heterocycles. The second kappa shape index (κ2) is 4.87. The molecule has 0 spiro atoms. The Kier molecular flexibility index (Phi) is 3.28. The van der Waals surface area contributed by atoms with Crippen molar-refractivity contribution < 1.29 is 9.15 Å². The summed E-state index contributed by atoms with van der Waals surface area (Å²) in [6, 6.07) is 9.61. The van der Waals surface area contributed by atoms with E-state index in [2.05, 4.69) is 4.99 Å². The van der Waals surface area contributed by atoms with Gasteiger partial charge in [-0.05, 0) is 37.6 Å². The minimum atomic E-state index is 0.773. The Bertz CT molecular complexity index is 527. The van der Waals surface area contributed by atoms with Gasteiger partial charge in [-0.15, -0.1) is 0 Å². The summed E-state index contributed by atoms with van der Waals surface area (Å²) >= 11 is 0. The normalized spacial score (nSPS) is 11.6. The maximum Gasteiger partial charge on any atom is 0.147 e. The van der Waals surface area contributed by atoms with Crippen LogP contribution in [0.25, 0.3) is 0 Å². The SMILES string of the molecule is COc1cccc(C)c1/N=C(/C)c1ccco1. The average molecular weight is 229 g/mol. The van der Waals surface area contributed by atoms with Crippen molar-refractivity contribution in [1.82, 2.24) is 0 Å². The Morgan fingerprint density at radius 2 is 2.06 bits per heavy atom. The van der Waals surface area contributed by atoms with Gasteiger partial charge in [0.05, 0.1) is 19.1 Å². The molecule has 0 fully saturated rings. The summed E-state index contributed by atoms with van der Waals surface area (Å²) in [4.78, 5) is 4.57. The molecule has 0 aliphatic rings. The number of benzene rings is 1. The monoisotopic (exact) mass is 229 g/mol. The number of aliphatic imine (C=N–C) groups is 1. The van der Waals surface area contributed by atoms with Crippen molar-refractivity contribution in [2.24, 2.45) is 4.99 Å². The highest BCUT2D eigenvalue weighted by Crippen LogP contribution is 2.31. The molecule has 0 atom stereocenters. The van der Waals surface area contributed by atoms with Gasteiger partial charge in [-0.3, -0.25) is 0 Å². The van der Waals surface area contributed by atoms with E-state index >= 15 is 0 Å². The van der Waals surface area contributed by atoms with Crippen LogP contribution in [0.3, 0.4) is 0 Å². The number of rotatable bonds is 3. The molecule has 0 radical (unpaired) electrons. The van der Waals surface area contributed by atoms with Crippen molar-refractivity contribution >= 4 is 11.4 Å². The van der Waals surface area contributed by atoms with Crippen molar-refractivity contribution in [3.8, 4) is 5.75 Å². The van der Waals surface area contributed by atoms with Gasteiger partial charge < -0.3 is 9.15 Å². The number of para-hydroxylation sites is 1. The third-order valence-electron chi connectivity index (χ3n) is 2.58. The first-order valence-electron chi connectivity index (χ1n) is 5.45. The first-order chi connectivity index (χ1) is 8.22. The molecule has 0 amide bonds. The minimum absolute atomic E-state index is 0.773. The van der Waals surface area contributed by atoms with E-state index in [0.29, 0.717) is 0 Å². The highest BCUT2D eigenvalue weighted by atomic mass is 16.5. The van der Waals surface area contributed by atoms with Gasteiger partial charge >= 0.3 is 0 Å². The van der Waals surface area contributed by atoms with E-state index in [9.17, 15) is 0 Å². The third kappa shape index (κ3) is 2.38. The lowest BCUT2D eigenvalue weighted by Crippen LogP contribution is -1.93. The highest BCUT2D eigenvalue weighted by molar-refractivity contribution is 5.98. The number of aryl methyl sites for hydroxylation is 1. The van der Waals surface area contributed by atoms with Gasteiger partial charge in [0.25, 0.3) is 0 Å². The Hall–Kier alpha value is -2.03. The van der Waals surface area contributed by atoms with Gasteiger partial charge in [0, 0.05) is 0 Å². The first kappa shape index (κ1) is 11.5. The van der Waals surface area contributed by atoms with Gasteiger partial charge in [-0.2, -0.15) is 0 Å². The van der Waals surface area contributed by atoms with Crippen LogP contribution in [0.4, 0.5) is 5.69 Å². The molecule has 0 N–H and O–H groups in total. The molecule has 3 heteroatoms. The fraction of sp³-hybridized carbons (Fsp3) is 0.214. The zero-order valence-corrected chi connectivity index (χ0v) is 10.2. The molecule has 1 aromatic carbocycles. The molecule has 0 bridgehead atoms. The fourth-order valence-corrected chi connectivity index (χ4v) is 1.65. The van der Waals surface area contributed by atoms with E-state index in [1.807, 2.05) is 44.2 Å². The molecule has 0 unspecified atom stereocenters. The summed E-state index contributed by atoms with van der Waals surface area (Å²) in [6.07, 6.45) is 1.64.